The molecule has 4 nitrogen and oxygen atoms in total. The van der Waals surface area contributed by atoms with E-state index in [1.165, 1.54) is 33.5 Å². The van der Waals surface area contributed by atoms with Crippen LogP contribution in [0.25, 0.3) is 32.4 Å². The van der Waals surface area contributed by atoms with Gasteiger partial charge in [-0.1, -0.05) is 54.6 Å². The molecule has 1 aromatic heterocycles. The second-order valence-corrected chi connectivity index (χ2v) is 10.9. The van der Waals surface area contributed by atoms with Gasteiger partial charge >= 0.3 is 0 Å². The summed E-state index contributed by atoms with van der Waals surface area (Å²) >= 11 is 0. The highest BCUT2D eigenvalue weighted by atomic mass is 16.5. The number of phenolic OH excluding ortho intramolecular Hbond substituents is 1. The van der Waals surface area contributed by atoms with Gasteiger partial charge in [0.05, 0.1) is 18.2 Å². The lowest BCUT2D eigenvalue weighted by atomic mass is 9.73. The molecule has 0 radical (unpaired) electrons. The zero-order valence-corrected chi connectivity index (χ0v) is 21.5. The van der Waals surface area contributed by atoms with Gasteiger partial charge in [-0.25, -0.2) is 0 Å². The second kappa shape index (κ2) is 9.54. The zero-order valence-electron chi connectivity index (χ0n) is 21.5. The lowest BCUT2D eigenvalue weighted by Gasteiger charge is -2.51. The largest absolute Gasteiger partial charge is 0.508 e. The first kappa shape index (κ1) is 23.4. The molecule has 1 N–H and O–H groups in total. The molecule has 0 spiro atoms. The molecule has 1 unspecified atom stereocenters. The predicted octanol–water partition coefficient (Wildman–Crippen LogP) is 7.40. The fourth-order valence-corrected chi connectivity index (χ4v) is 6.94. The normalized spacial score (nSPS) is 23.7. The molecule has 8 rings (SSSR count). The molecule has 5 atom stereocenters. The standard InChI is InChI=1S/C34H32N2O2/c1-2-22-20-36-16-14-23(22)18-33(36)34(29-13-15-35-32-12-11-26(37)19-30(29)32)38-21-31-27-9-5-3-7-24(27)17-25-8-4-6-10-28(25)31/h2-13,15,17,19,22-23,33-34,37H,1,14,16,18,20-21H2/t22-,23-,33+,34-/m0/s1. The zero-order chi connectivity index (χ0) is 25.6. The summed E-state index contributed by atoms with van der Waals surface area (Å²) in [5.74, 6) is 1.43. The number of aromatic nitrogens is 1. The van der Waals surface area contributed by atoms with E-state index in [2.05, 4.69) is 83.2 Å². The minimum atomic E-state index is -0.145. The molecule has 0 amide bonds. The molecule has 190 valence electrons. The Morgan fingerprint density at radius 3 is 2.45 bits per heavy atom. The molecule has 3 saturated heterocycles. The van der Waals surface area contributed by atoms with Crippen molar-refractivity contribution in [2.24, 2.45) is 11.8 Å². The highest BCUT2D eigenvalue weighted by molar-refractivity contribution is 6.02. The highest BCUT2D eigenvalue weighted by Gasteiger charge is 2.43. The van der Waals surface area contributed by atoms with Crippen LogP contribution < -0.4 is 0 Å². The van der Waals surface area contributed by atoms with E-state index in [4.69, 9.17) is 4.74 Å². The summed E-state index contributed by atoms with van der Waals surface area (Å²) in [6, 6.07) is 27.2. The number of aromatic hydroxyl groups is 1. The number of nitrogens with zero attached hydrogens (tertiary/aromatic N) is 2. The predicted molar refractivity (Wildman–Crippen MR) is 154 cm³/mol. The molecular formula is C34H32N2O2. The van der Waals surface area contributed by atoms with E-state index in [9.17, 15) is 5.11 Å². The number of fused-ring (bicyclic) bond motifs is 6. The molecule has 3 aliphatic rings. The van der Waals surface area contributed by atoms with Crippen LogP contribution in [0.5, 0.6) is 5.75 Å². The van der Waals surface area contributed by atoms with Gasteiger partial charge in [-0.2, -0.15) is 0 Å². The van der Waals surface area contributed by atoms with E-state index in [0.717, 1.165) is 36.0 Å². The Morgan fingerprint density at radius 1 is 0.974 bits per heavy atom. The Labute approximate surface area is 223 Å². The average Bonchev–Trinajstić information content (AvgIpc) is 2.97. The summed E-state index contributed by atoms with van der Waals surface area (Å²) in [5.41, 5.74) is 3.21. The summed E-state index contributed by atoms with van der Waals surface area (Å²) < 4.78 is 7.06. The Hall–Kier alpha value is -3.73. The van der Waals surface area contributed by atoms with E-state index < -0.39 is 0 Å². The van der Waals surface area contributed by atoms with Crippen molar-refractivity contribution in [3.05, 3.63) is 109 Å². The SMILES string of the molecule is C=C[C@H]1CN2CC[C@H]1C[C@@H]2[C@@H](OCc1c2ccccc2cc2ccccc12)c1ccnc2ccc(O)cc12. The smallest absolute Gasteiger partial charge is 0.116 e. The van der Waals surface area contributed by atoms with Crippen molar-refractivity contribution >= 4 is 32.4 Å². The van der Waals surface area contributed by atoms with Crippen molar-refractivity contribution in [3.8, 4) is 5.75 Å². The van der Waals surface area contributed by atoms with Gasteiger partial charge in [-0.3, -0.25) is 9.88 Å². The number of pyridine rings is 1. The maximum atomic E-state index is 10.4. The molecule has 0 aliphatic carbocycles. The molecule has 5 aromatic rings. The summed E-state index contributed by atoms with van der Waals surface area (Å²) in [6.45, 7) is 6.75. The summed E-state index contributed by atoms with van der Waals surface area (Å²) in [4.78, 5) is 7.19. The van der Waals surface area contributed by atoms with Crippen LogP contribution >= 0.6 is 0 Å². The van der Waals surface area contributed by atoms with Crippen LogP contribution in [0.3, 0.4) is 0 Å². The molecule has 2 bridgehead atoms. The van der Waals surface area contributed by atoms with E-state index in [0.29, 0.717) is 18.4 Å². The van der Waals surface area contributed by atoms with Gasteiger partial charge in [0.2, 0.25) is 0 Å². The van der Waals surface area contributed by atoms with Crippen LogP contribution in [0.2, 0.25) is 0 Å². The second-order valence-electron chi connectivity index (χ2n) is 10.9. The molecule has 4 heteroatoms. The van der Waals surface area contributed by atoms with E-state index in [-0.39, 0.29) is 17.9 Å². The maximum absolute atomic E-state index is 10.4. The van der Waals surface area contributed by atoms with Crippen LogP contribution in [0.4, 0.5) is 0 Å². The Bertz CT molecular complexity index is 1610. The van der Waals surface area contributed by atoms with Gasteiger partial charge in [0.1, 0.15) is 5.75 Å². The number of hydrogen-bond acceptors (Lipinski definition) is 4. The first-order chi connectivity index (χ1) is 18.7. The summed E-state index contributed by atoms with van der Waals surface area (Å²) in [5, 5.41) is 16.3. The monoisotopic (exact) mass is 500 g/mol. The van der Waals surface area contributed by atoms with Gasteiger partial charge in [0.25, 0.3) is 0 Å². The fourth-order valence-electron chi connectivity index (χ4n) is 6.94. The van der Waals surface area contributed by atoms with Gasteiger partial charge in [-0.15, -0.1) is 6.58 Å². The van der Waals surface area contributed by atoms with E-state index in [1.54, 1.807) is 6.07 Å². The van der Waals surface area contributed by atoms with Gasteiger partial charge in [0.15, 0.2) is 0 Å². The molecular weight excluding hydrogens is 468 g/mol. The summed E-state index contributed by atoms with van der Waals surface area (Å²) in [7, 11) is 0. The van der Waals surface area contributed by atoms with E-state index >= 15 is 0 Å². The van der Waals surface area contributed by atoms with Crippen LogP contribution in [-0.4, -0.2) is 34.1 Å². The molecule has 3 aliphatic heterocycles. The van der Waals surface area contributed by atoms with Gasteiger partial charge in [-0.05, 0) is 94.2 Å². The Morgan fingerprint density at radius 2 is 1.74 bits per heavy atom. The minimum Gasteiger partial charge on any atom is -0.508 e. The van der Waals surface area contributed by atoms with Crippen LogP contribution in [0, 0.1) is 11.8 Å². The van der Waals surface area contributed by atoms with Gasteiger partial charge in [0, 0.05) is 24.2 Å². The number of phenols is 1. The number of rotatable bonds is 6. The van der Waals surface area contributed by atoms with Crippen molar-refractivity contribution in [1.29, 1.82) is 0 Å². The fraction of sp³-hybridized carbons (Fsp3) is 0.265. The average molecular weight is 501 g/mol. The number of ether oxygens (including phenoxy) is 1. The topological polar surface area (TPSA) is 45.6 Å². The first-order valence-corrected chi connectivity index (χ1v) is 13.6. The van der Waals surface area contributed by atoms with Crippen molar-refractivity contribution in [1.82, 2.24) is 9.88 Å². The minimum absolute atomic E-state index is 0.145. The number of benzene rings is 4. The van der Waals surface area contributed by atoms with Crippen LogP contribution in [-0.2, 0) is 11.3 Å². The van der Waals surface area contributed by atoms with Crippen molar-refractivity contribution in [2.45, 2.75) is 31.6 Å². The molecule has 0 saturated carbocycles. The molecule has 3 fully saturated rings. The third-order valence-electron chi connectivity index (χ3n) is 8.86. The third kappa shape index (κ3) is 3.96. The molecule has 4 aromatic carbocycles. The first-order valence-electron chi connectivity index (χ1n) is 13.6. The highest BCUT2D eigenvalue weighted by Crippen LogP contribution is 2.44. The van der Waals surface area contributed by atoms with Crippen molar-refractivity contribution in [2.75, 3.05) is 13.1 Å². The Balaban J connectivity index is 1.34. The quantitative estimate of drug-likeness (QED) is 0.195. The lowest BCUT2D eigenvalue weighted by molar-refractivity contribution is -0.0799. The van der Waals surface area contributed by atoms with Gasteiger partial charge < -0.3 is 9.84 Å². The van der Waals surface area contributed by atoms with Crippen LogP contribution in [0.15, 0.2) is 97.7 Å². The maximum Gasteiger partial charge on any atom is 0.116 e. The lowest BCUT2D eigenvalue weighted by Crippen LogP contribution is -2.55. The molecule has 4 heterocycles. The van der Waals surface area contributed by atoms with Crippen molar-refractivity contribution < 1.29 is 9.84 Å². The van der Waals surface area contributed by atoms with E-state index in [1.807, 2.05) is 18.3 Å². The van der Waals surface area contributed by atoms with Crippen molar-refractivity contribution in [3.63, 3.8) is 0 Å². The number of piperidine rings is 3. The Kier molecular flexibility index (Phi) is 5.87. The molecule has 38 heavy (non-hydrogen) atoms. The number of hydrogen-bond donors (Lipinski definition) is 1. The third-order valence-corrected chi connectivity index (χ3v) is 8.86. The summed E-state index contributed by atoms with van der Waals surface area (Å²) in [6.07, 6.45) is 6.17. The van der Waals surface area contributed by atoms with Crippen LogP contribution in [0.1, 0.15) is 30.1 Å².